The minimum Gasteiger partial charge on any atom is -0.395 e. The van der Waals surface area contributed by atoms with Crippen LogP contribution in [0.5, 0.6) is 0 Å². The van der Waals surface area contributed by atoms with Crippen LogP contribution in [0.1, 0.15) is 13.3 Å². The van der Waals surface area contributed by atoms with Gasteiger partial charge in [-0.3, -0.25) is 4.68 Å². The Bertz CT molecular complexity index is 388. The lowest BCUT2D eigenvalue weighted by Gasteiger charge is -2.11. The fourth-order valence-electron chi connectivity index (χ4n) is 1.13. The summed E-state index contributed by atoms with van der Waals surface area (Å²) in [5.74, 6) is 0. The lowest BCUT2D eigenvalue weighted by Crippen LogP contribution is -2.35. The van der Waals surface area contributed by atoms with E-state index in [1.807, 2.05) is 12.3 Å². The zero-order valence-corrected chi connectivity index (χ0v) is 10.0. The van der Waals surface area contributed by atoms with Crippen molar-refractivity contribution in [1.29, 1.82) is 0 Å². The number of hydrogen-bond acceptors (Lipinski definition) is 4. The highest BCUT2D eigenvalue weighted by Gasteiger charge is 2.18. The Hall–Kier alpha value is -0.920. The maximum atomic E-state index is 11.4. The van der Waals surface area contributed by atoms with Gasteiger partial charge in [0, 0.05) is 25.5 Å². The number of aryl methyl sites for hydroxylation is 1. The van der Waals surface area contributed by atoms with E-state index in [-0.39, 0.29) is 6.61 Å². The Balaban J connectivity index is 2.25. The minimum absolute atomic E-state index is 0.354. The summed E-state index contributed by atoms with van der Waals surface area (Å²) in [5.41, 5.74) is 0. The van der Waals surface area contributed by atoms with Crippen molar-refractivity contribution >= 4 is 10.0 Å². The van der Waals surface area contributed by atoms with Crippen LogP contribution in [0.4, 0.5) is 0 Å². The molecule has 0 aliphatic carbocycles. The number of rotatable bonds is 7. The van der Waals surface area contributed by atoms with Crippen molar-refractivity contribution < 1.29 is 13.5 Å². The quantitative estimate of drug-likeness (QED) is 0.641. The molecule has 0 aliphatic rings. The summed E-state index contributed by atoms with van der Waals surface area (Å²) in [4.78, 5) is 0. The number of aliphatic hydroxyl groups excluding tert-OH is 1. The van der Waals surface area contributed by atoms with Gasteiger partial charge in [-0.2, -0.15) is 5.10 Å². The van der Waals surface area contributed by atoms with Gasteiger partial charge in [-0.25, -0.2) is 13.1 Å². The SMILES string of the molecule is CC(CO)S(=O)(=O)NCCCn1cccn1. The van der Waals surface area contributed by atoms with Gasteiger partial charge in [0.1, 0.15) is 0 Å². The van der Waals surface area contributed by atoms with Gasteiger partial charge in [-0.05, 0) is 19.4 Å². The predicted molar refractivity (Wildman–Crippen MR) is 60.3 cm³/mol. The normalized spacial score (nSPS) is 13.9. The minimum atomic E-state index is -3.38. The smallest absolute Gasteiger partial charge is 0.216 e. The zero-order chi connectivity index (χ0) is 12.0. The Kier molecular flexibility index (Phi) is 4.91. The molecule has 0 aromatic carbocycles. The Morgan fingerprint density at radius 1 is 1.56 bits per heavy atom. The average Bonchev–Trinajstić information content (AvgIpc) is 2.76. The highest BCUT2D eigenvalue weighted by molar-refractivity contribution is 7.90. The number of hydrogen-bond donors (Lipinski definition) is 2. The fourth-order valence-corrected chi connectivity index (χ4v) is 2.04. The van der Waals surface area contributed by atoms with Crippen molar-refractivity contribution in [1.82, 2.24) is 14.5 Å². The Morgan fingerprint density at radius 3 is 2.88 bits per heavy atom. The summed E-state index contributed by atoms with van der Waals surface area (Å²) < 4.78 is 27.0. The summed E-state index contributed by atoms with van der Waals surface area (Å²) in [6.45, 7) is 2.12. The topological polar surface area (TPSA) is 84.2 Å². The molecule has 16 heavy (non-hydrogen) atoms. The van der Waals surface area contributed by atoms with E-state index in [1.54, 1.807) is 10.9 Å². The first-order valence-electron chi connectivity index (χ1n) is 5.13. The van der Waals surface area contributed by atoms with Crippen molar-refractivity contribution in [2.45, 2.75) is 25.1 Å². The van der Waals surface area contributed by atoms with Crippen LogP contribution in [0.15, 0.2) is 18.5 Å². The second kappa shape index (κ2) is 5.97. The number of aliphatic hydroxyl groups is 1. The first-order valence-corrected chi connectivity index (χ1v) is 6.67. The molecule has 2 N–H and O–H groups in total. The maximum absolute atomic E-state index is 11.4. The van der Waals surface area contributed by atoms with Gasteiger partial charge in [-0.15, -0.1) is 0 Å². The van der Waals surface area contributed by atoms with E-state index in [4.69, 9.17) is 5.11 Å². The molecule has 1 aromatic rings. The summed E-state index contributed by atoms with van der Waals surface area (Å²) in [6.07, 6.45) is 4.17. The second-order valence-corrected chi connectivity index (χ2v) is 5.74. The maximum Gasteiger partial charge on any atom is 0.216 e. The zero-order valence-electron chi connectivity index (χ0n) is 9.20. The predicted octanol–water partition coefficient (Wildman–Crippen LogP) is -0.427. The van der Waals surface area contributed by atoms with Crippen LogP contribution in [0.3, 0.4) is 0 Å². The van der Waals surface area contributed by atoms with E-state index in [0.29, 0.717) is 19.5 Å². The molecule has 0 fully saturated rings. The van der Waals surface area contributed by atoms with Crippen LogP contribution in [0.2, 0.25) is 0 Å². The molecular weight excluding hydrogens is 230 g/mol. The first kappa shape index (κ1) is 13.1. The number of aromatic nitrogens is 2. The van der Waals surface area contributed by atoms with E-state index in [2.05, 4.69) is 9.82 Å². The molecule has 0 bridgehead atoms. The van der Waals surface area contributed by atoms with Gasteiger partial charge < -0.3 is 5.11 Å². The summed E-state index contributed by atoms with van der Waals surface area (Å²) in [5, 5.41) is 12.0. The van der Waals surface area contributed by atoms with Gasteiger partial charge in [0.15, 0.2) is 0 Å². The molecule has 0 saturated heterocycles. The molecule has 1 rings (SSSR count). The van der Waals surface area contributed by atoms with Crippen molar-refractivity contribution in [3.05, 3.63) is 18.5 Å². The van der Waals surface area contributed by atoms with E-state index in [0.717, 1.165) is 0 Å². The summed E-state index contributed by atoms with van der Waals surface area (Å²) in [6, 6.07) is 1.82. The molecule has 1 aromatic heterocycles. The number of nitrogens with one attached hydrogen (secondary N) is 1. The highest BCUT2D eigenvalue weighted by Crippen LogP contribution is 1.97. The molecule has 0 spiro atoms. The molecule has 6 nitrogen and oxygen atoms in total. The van der Waals surface area contributed by atoms with Crippen molar-refractivity contribution in [2.75, 3.05) is 13.2 Å². The fraction of sp³-hybridized carbons (Fsp3) is 0.667. The van der Waals surface area contributed by atoms with Gasteiger partial charge in [0.05, 0.1) is 11.9 Å². The highest BCUT2D eigenvalue weighted by atomic mass is 32.2. The van der Waals surface area contributed by atoms with Crippen LogP contribution in [-0.2, 0) is 16.6 Å². The Morgan fingerprint density at radius 2 is 2.31 bits per heavy atom. The number of nitrogens with zero attached hydrogens (tertiary/aromatic N) is 2. The molecule has 7 heteroatoms. The Labute approximate surface area is 95.3 Å². The third-order valence-corrected chi connectivity index (χ3v) is 4.03. The van der Waals surface area contributed by atoms with Gasteiger partial charge in [0.2, 0.25) is 10.0 Å². The molecule has 92 valence electrons. The van der Waals surface area contributed by atoms with Crippen LogP contribution >= 0.6 is 0 Å². The van der Waals surface area contributed by atoms with E-state index in [9.17, 15) is 8.42 Å². The molecule has 0 aliphatic heterocycles. The molecular formula is C9H17N3O3S. The molecule has 1 atom stereocenters. The van der Waals surface area contributed by atoms with Crippen molar-refractivity contribution in [3.63, 3.8) is 0 Å². The van der Waals surface area contributed by atoms with Gasteiger partial charge in [-0.1, -0.05) is 0 Å². The summed E-state index contributed by atoms with van der Waals surface area (Å²) in [7, 11) is -3.38. The summed E-state index contributed by atoms with van der Waals surface area (Å²) >= 11 is 0. The molecule has 1 heterocycles. The third-order valence-electron chi connectivity index (χ3n) is 2.21. The largest absolute Gasteiger partial charge is 0.395 e. The lowest BCUT2D eigenvalue weighted by atomic mass is 10.4. The van der Waals surface area contributed by atoms with E-state index >= 15 is 0 Å². The van der Waals surface area contributed by atoms with E-state index in [1.165, 1.54) is 6.92 Å². The van der Waals surface area contributed by atoms with Crippen LogP contribution in [-0.4, -0.2) is 41.7 Å². The number of sulfonamides is 1. The van der Waals surface area contributed by atoms with Gasteiger partial charge in [0.25, 0.3) is 0 Å². The van der Waals surface area contributed by atoms with Crippen molar-refractivity contribution in [3.8, 4) is 0 Å². The molecule has 1 unspecified atom stereocenters. The third kappa shape index (κ3) is 3.92. The van der Waals surface area contributed by atoms with Crippen LogP contribution in [0.25, 0.3) is 0 Å². The molecule has 0 amide bonds. The molecule has 0 radical (unpaired) electrons. The average molecular weight is 247 g/mol. The molecule has 0 saturated carbocycles. The monoisotopic (exact) mass is 247 g/mol. The van der Waals surface area contributed by atoms with Crippen molar-refractivity contribution in [2.24, 2.45) is 0 Å². The van der Waals surface area contributed by atoms with E-state index < -0.39 is 15.3 Å². The second-order valence-electron chi connectivity index (χ2n) is 3.56. The standard InChI is InChI=1S/C9H17N3O3S/c1-9(8-13)16(14,15)11-5-3-7-12-6-2-4-10-12/h2,4,6,9,11,13H,3,5,7-8H2,1H3. The lowest BCUT2D eigenvalue weighted by molar-refractivity contribution is 0.294. The van der Waals surface area contributed by atoms with Crippen LogP contribution < -0.4 is 4.72 Å². The van der Waals surface area contributed by atoms with Gasteiger partial charge >= 0.3 is 0 Å². The van der Waals surface area contributed by atoms with Crippen LogP contribution in [0, 0.1) is 0 Å². The first-order chi connectivity index (χ1) is 7.56.